The SMILES string of the molecule is CC.COc1cc(Cl)ncc1NC(=O)C1(c2ccccc2C(C)C)COC1. The maximum Gasteiger partial charge on any atom is 0.239 e. The number of anilines is 1. The lowest BCUT2D eigenvalue weighted by Crippen LogP contribution is -2.56. The van der Waals surface area contributed by atoms with Gasteiger partial charge in [0.2, 0.25) is 5.91 Å². The van der Waals surface area contributed by atoms with Gasteiger partial charge in [-0.2, -0.15) is 0 Å². The molecule has 1 saturated heterocycles. The standard InChI is InChI=1S/C19H21ClN2O3.C2H6/c1-12(2)13-6-4-5-7-14(13)19(10-25-11-19)18(23)22-15-9-21-17(20)8-16(15)24-3;1-2/h4-9,12H,10-11H2,1-3H3,(H,22,23);1-2H3. The van der Waals surface area contributed by atoms with E-state index in [1.54, 1.807) is 6.07 Å². The van der Waals surface area contributed by atoms with Crippen LogP contribution in [-0.2, 0) is 14.9 Å². The summed E-state index contributed by atoms with van der Waals surface area (Å²) in [6.07, 6.45) is 1.50. The summed E-state index contributed by atoms with van der Waals surface area (Å²) in [5, 5.41) is 3.24. The van der Waals surface area contributed by atoms with Gasteiger partial charge < -0.3 is 14.8 Å². The summed E-state index contributed by atoms with van der Waals surface area (Å²) in [4.78, 5) is 17.2. The van der Waals surface area contributed by atoms with Crippen molar-refractivity contribution < 1.29 is 14.3 Å². The number of rotatable bonds is 5. The maximum atomic E-state index is 13.1. The highest BCUT2D eigenvalue weighted by Crippen LogP contribution is 2.39. The van der Waals surface area contributed by atoms with Gasteiger partial charge in [0, 0.05) is 6.07 Å². The molecule has 0 atom stereocenters. The Kier molecular flexibility index (Phi) is 7.22. The number of pyridine rings is 1. The summed E-state index contributed by atoms with van der Waals surface area (Å²) >= 11 is 5.89. The fourth-order valence-corrected chi connectivity index (χ4v) is 3.22. The number of carbonyl (C=O) groups is 1. The third-order valence-corrected chi connectivity index (χ3v) is 4.74. The molecular formula is C21H27ClN2O3. The van der Waals surface area contributed by atoms with Crippen LogP contribution in [0.3, 0.4) is 0 Å². The Bertz CT molecular complexity index is 789. The molecule has 5 nitrogen and oxygen atoms in total. The fraction of sp³-hybridized carbons (Fsp3) is 0.429. The zero-order valence-corrected chi connectivity index (χ0v) is 17.3. The number of nitrogens with one attached hydrogen (secondary N) is 1. The minimum atomic E-state index is -0.703. The highest BCUT2D eigenvalue weighted by atomic mass is 35.5. The average molecular weight is 391 g/mol. The van der Waals surface area contributed by atoms with Gasteiger partial charge in [-0.25, -0.2) is 4.98 Å². The Labute approximate surface area is 166 Å². The lowest BCUT2D eigenvalue weighted by atomic mass is 9.73. The van der Waals surface area contributed by atoms with E-state index < -0.39 is 5.41 Å². The summed E-state index contributed by atoms with van der Waals surface area (Å²) < 4.78 is 10.7. The predicted octanol–water partition coefficient (Wildman–Crippen LogP) is 4.80. The molecule has 27 heavy (non-hydrogen) atoms. The third kappa shape index (κ3) is 4.25. The van der Waals surface area contributed by atoms with Crippen LogP contribution in [0.25, 0.3) is 0 Å². The van der Waals surface area contributed by atoms with Crippen LogP contribution < -0.4 is 10.1 Å². The van der Waals surface area contributed by atoms with Crippen molar-refractivity contribution in [2.45, 2.75) is 39.0 Å². The zero-order chi connectivity index (χ0) is 20.0. The predicted molar refractivity (Wildman–Crippen MR) is 109 cm³/mol. The van der Waals surface area contributed by atoms with Crippen LogP contribution in [-0.4, -0.2) is 31.2 Å². The van der Waals surface area contributed by atoms with E-state index in [1.165, 1.54) is 13.3 Å². The molecule has 1 aromatic heterocycles. The monoisotopic (exact) mass is 390 g/mol. The first-order valence-corrected chi connectivity index (χ1v) is 9.54. The zero-order valence-electron chi connectivity index (χ0n) is 16.5. The summed E-state index contributed by atoms with van der Waals surface area (Å²) in [5.41, 5.74) is 1.95. The highest BCUT2D eigenvalue weighted by molar-refractivity contribution is 6.29. The van der Waals surface area contributed by atoms with Crippen molar-refractivity contribution in [3.63, 3.8) is 0 Å². The Morgan fingerprint density at radius 1 is 1.30 bits per heavy atom. The number of amides is 1. The number of nitrogens with zero attached hydrogens (tertiary/aromatic N) is 1. The third-order valence-electron chi connectivity index (χ3n) is 4.53. The van der Waals surface area contributed by atoms with Crippen LogP contribution >= 0.6 is 11.6 Å². The number of aromatic nitrogens is 1. The van der Waals surface area contributed by atoms with Crippen LogP contribution in [0.2, 0.25) is 5.15 Å². The normalized spacial score (nSPS) is 14.6. The number of hydrogen-bond acceptors (Lipinski definition) is 4. The van der Waals surface area contributed by atoms with Crippen LogP contribution in [0, 0.1) is 0 Å². The van der Waals surface area contributed by atoms with Crippen molar-refractivity contribution in [2.75, 3.05) is 25.6 Å². The quantitative estimate of drug-likeness (QED) is 0.745. The molecule has 1 fully saturated rings. The molecule has 1 aromatic carbocycles. The fourth-order valence-electron chi connectivity index (χ4n) is 3.07. The van der Waals surface area contributed by atoms with E-state index >= 15 is 0 Å². The van der Waals surface area contributed by atoms with E-state index in [9.17, 15) is 4.79 Å². The first kappa shape index (κ1) is 21.2. The largest absolute Gasteiger partial charge is 0.494 e. The minimum absolute atomic E-state index is 0.130. The van der Waals surface area contributed by atoms with E-state index in [0.717, 1.165) is 11.1 Å². The van der Waals surface area contributed by atoms with Gasteiger partial charge in [-0.3, -0.25) is 4.79 Å². The maximum absolute atomic E-state index is 13.1. The second kappa shape index (κ2) is 9.20. The molecule has 1 N–H and O–H groups in total. The van der Waals surface area contributed by atoms with Gasteiger partial charge in [0.05, 0.1) is 26.5 Å². The number of carbonyl (C=O) groups excluding carboxylic acids is 1. The molecule has 1 aliphatic rings. The van der Waals surface area contributed by atoms with Gasteiger partial charge in [-0.05, 0) is 17.0 Å². The molecule has 2 aromatic rings. The number of ether oxygens (including phenoxy) is 2. The van der Waals surface area contributed by atoms with Gasteiger partial charge in [0.1, 0.15) is 22.0 Å². The van der Waals surface area contributed by atoms with Gasteiger partial charge >= 0.3 is 0 Å². The molecular weight excluding hydrogens is 364 g/mol. The van der Waals surface area contributed by atoms with E-state index in [4.69, 9.17) is 21.1 Å². The summed E-state index contributed by atoms with van der Waals surface area (Å²) in [6, 6.07) is 9.60. The molecule has 0 radical (unpaired) electrons. The van der Waals surface area contributed by atoms with Gasteiger partial charge in [-0.15, -0.1) is 0 Å². The lowest BCUT2D eigenvalue weighted by molar-refractivity contribution is -0.139. The van der Waals surface area contributed by atoms with Crippen LogP contribution in [0.5, 0.6) is 5.75 Å². The molecule has 3 rings (SSSR count). The molecule has 1 amide bonds. The second-order valence-electron chi connectivity index (χ2n) is 6.48. The molecule has 0 spiro atoms. The van der Waals surface area contributed by atoms with Crippen LogP contribution in [0.15, 0.2) is 36.5 Å². The van der Waals surface area contributed by atoms with E-state index in [1.807, 2.05) is 32.0 Å². The average Bonchev–Trinajstić information content (AvgIpc) is 2.64. The number of benzene rings is 1. The molecule has 0 unspecified atom stereocenters. The Hall–Kier alpha value is -2.11. The Morgan fingerprint density at radius 3 is 2.52 bits per heavy atom. The summed E-state index contributed by atoms with van der Waals surface area (Å²) in [6.45, 7) is 8.95. The van der Waals surface area contributed by atoms with Crippen molar-refractivity contribution in [2.24, 2.45) is 0 Å². The summed E-state index contributed by atoms with van der Waals surface area (Å²) in [7, 11) is 1.53. The van der Waals surface area contributed by atoms with Crippen LogP contribution in [0.1, 0.15) is 44.7 Å². The summed E-state index contributed by atoms with van der Waals surface area (Å²) in [5.74, 6) is 0.656. The van der Waals surface area contributed by atoms with Crippen molar-refractivity contribution in [1.82, 2.24) is 4.98 Å². The number of hydrogen-bond donors (Lipinski definition) is 1. The smallest absolute Gasteiger partial charge is 0.239 e. The van der Waals surface area contributed by atoms with Crippen molar-refractivity contribution in [1.29, 1.82) is 0 Å². The lowest BCUT2D eigenvalue weighted by Gasteiger charge is -2.41. The molecule has 0 aliphatic carbocycles. The van der Waals surface area contributed by atoms with Crippen molar-refractivity contribution in [3.05, 3.63) is 52.8 Å². The van der Waals surface area contributed by atoms with E-state index in [2.05, 4.69) is 30.2 Å². The molecule has 2 heterocycles. The first-order valence-electron chi connectivity index (χ1n) is 9.16. The number of halogens is 1. The first-order chi connectivity index (χ1) is 13.0. The van der Waals surface area contributed by atoms with Crippen LogP contribution in [0.4, 0.5) is 5.69 Å². The van der Waals surface area contributed by atoms with Gasteiger partial charge in [0.25, 0.3) is 0 Å². The van der Waals surface area contributed by atoms with Crippen molar-refractivity contribution in [3.8, 4) is 5.75 Å². The number of methoxy groups -OCH3 is 1. The second-order valence-corrected chi connectivity index (χ2v) is 6.87. The molecule has 1 aliphatic heterocycles. The molecule has 0 bridgehead atoms. The van der Waals surface area contributed by atoms with E-state index in [-0.39, 0.29) is 5.91 Å². The Balaban J connectivity index is 0.00000126. The van der Waals surface area contributed by atoms with E-state index in [0.29, 0.717) is 35.7 Å². The molecule has 6 heteroatoms. The minimum Gasteiger partial charge on any atom is -0.494 e. The van der Waals surface area contributed by atoms with Crippen molar-refractivity contribution >= 4 is 23.2 Å². The molecule has 146 valence electrons. The van der Waals surface area contributed by atoms with Gasteiger partial charge in [0.15, 0.2) is 0 Å². The highest BCUT2D eigenvalue weighted by Gasteiger charge is 2.49. The molecule has 0 saturated carbocycles. The topological polar surface area (TPSA) is 60.5 Å². The Morgan fingerprint density at radius 2 is 1.96 bits per heavy atom. The van der Waals surface area contributed by atoms with Gasteiger partial charge in [-0.1, -0.05) is 63.6 Å².